The summed E-state index contributed by atoms with van der Waals surface area (Å²) in [7, 11) is 0. The van der Waals surface area contributed by atoms with Crippen LogP contribution >= 0.6 is 23.7 Å². The van der Waals surface area contributed by atoms with Crippen molar-refractivity contribution in [1.82, 2.24) is 25.8 Å². The molecule has 8 nitrogen and oxygen atoms in total. The van der Waals surface area contributed by atoms with Crippen LogP contribution in [0.5, 0.6) is 0 Å². The van der Waals surface area contributed by atoms with E-state index in [2.05, 4.69) is 31.1 Å². The van der Waals surface area contributed by atoms with Crippen molar-refractivity contribution in [2.75, 3.05) is 11.9 Å². The summed E-state index contributed by atoms with van der Waals surface area (Å²) in [5.41, 5.74) is 2.22. The molecule has 0 aromatic carbocycles. The number of aromatic amines is 1. The van der Waals surface area contributed by atoms with Gasteiger partial charge in [-0.05, 0) is 12.3 Å². The number of thiazole rings is 1. The number of halogens is 1. The molecule has 1 aliphatic heterocycles. The van der Waals surface area contributed by atoms with Gasteiger partial charge >= 0.3 is 0 Å². The first-order valence-electron chi connectivity index (χ1n) is 8.32. The molecule has 0 saturated heterocycles. The van der Waals surface area contributed by atoms with Crippen LogP contribution in [-0.2, 0) is 17.8 Å². The minimum atomic E-state index is -0.639. The minimum absolute atomic E-state index is 0. The van der Waals surface area contributed by atoms with Crippen molar-refractivity contribution < 1.29 is 9.59 Å². The second-order valence-corrected chi connectivity index (χ2v) is 7.33. The molecule has 3 heterocycles. The molecule has 0 saturated carbocycles. The van der Waals surface area contributed by atoms with Crippen molar-refractivity contribution in [2.45, 2.75) is 39.3 Å². The Morgan fingerprint density at radius 1 is 1.38 bits per heavy atom. The number of anilines is 1. The quantitative estimate of drug-likeness (QED) is 0.592. The van der Waals surface area contributed by atoms with Crippen LogP contribution in [0.2, 0.25) is 0 Å². The Morgan fingerprint density at radius 3 is 2.88 bits per heavy atom. The van der Waals surface area contributed by atoms with Crippen LogP contribution in [0.15, 0.2) is 11.6 Å². The Hall–Kier alpha value is -1.97. The smallest absolute Gasteiger partial charge is 0.272 e. The molecular weight excluding hydrogens is 376 g/mol. The van der Waals surface area contributed by atoms with E-state index < -0.39 is 6.04 Å². The summed E-state index contributed by atoms with van der Waals surface area (Å²) in [6.07, 6.45) is 2.97. The number of fused-ring (bicyclic) bond motifs is 1. The molecule has 0 bridgehead atoms. The molecule has 4 N–H and O–H groups in total. The molecular formula is C16H23ClN6O2S. The molecule has 10 heteroatoms. The standard InChI is InChI=1S/C16H22N6O2S.ClH/c1-9(2)7-12(14(23)20-16-18-5-6-25-16)19-15(24)13-10-8-17-4-3-11(10)21-22-13;/h5-6,9,12,17H,3-4,7-8H2,1-2H3,(H,19,24)(H,21,22)(H,18,20,23);1H. The number of aromatic nitrogens is 3. The summed E-state index contributed by atoms with van der Waals surface area (Å²) in [6.45, 7) is 5.49. The normalized spacial score (nSPS) is 14.3. The van der Waals surface area contributed by atoms with E-state index in [1.165, 1.54) is 11.3 Å². The number of hydrogen-bond donors (Lipinski definition) is 4. The molecule has 2 amide bonds. The molecule has 2 aromatic rings. The fourth-order valence-electron chi connectivity index (χ4n) is 2.82. The van der Waals surface area contributed by atoms with Gasteiger partial charge < -0.3 is 16.0 Å². The van der Waals surface area contributed by atoms with Gasteiger partial charge in [-0.3, -0.25) is 14.7 Å². The summed E-state index contributed by atoms with van der Waals surface area (Å²) in [5, 5.41) is 18.2. The molecule has 3 rings (SSSR count). The van der Waals surface area contributed by atoms with E-state index >= 15 is 0 Å². The van der Waals surface area contributed by atoms with Crippen LogP contribution in [0, 0.1) is 5.92 Å². The first kappa shape index (κ1) is 20.3. The number of hydrogen-bond acceptors (Lipinski definition) is 6. The van der Waals surface area contributed by atoms with Gasteiger partial charge in [0.1, 0.15) is 6.04 Å². The Balaban J connectivity index is 0.00000243. The fraction of sp³-hybridized carbons (Fsp3) is 0.500. The number of nitrogens with zero attached hydrogens (tertiary/aromatic N) is 2. The molecule has 0 fully saturated rings. The summed E-state index contributed by atoms with van der Waals surface area (Å²) in [4.78, 5) is 29.3. The van der Waals surface area contributed by atoms with Crippen molar-refractivity contribution in [2.24, 2.45) is 5.92 Å². The summed E-state index contributed by atoms with van der Waals surface area (Å²) >= 11 is 1.34. The highest BCUT2D eigenvalue weighted by Gasteiger charge is 2.27. The molecule has 0 spiro atoms. The molecule has 1 atom stereocenters. The molecule has 0 radical (unpaired) electrons. The van der Waals surface area contributed by atoms with Gasteiger partial charge in [-0.15, -0.1) is 23.7 Å². The van der Waals surface area contributed by atoms with Crippen LogP contribution in [0.1, 0.15) is 42.0 Å². The average molecular weight is 399 g/mol. The zero-order chi connectivity index (χ0) is 17.8. The fourth-order valence-corrected chi connectivity index (χ4v) is 3.35. The van der Waals surface area contributed by atoms with Crippen LogP contribution < -0.4 is 16.0 Å². The Kier molecular flexibility index (Phi) is 7.13. The first-order chi connectivity index (χ1) is 12.0. The Bertz CT molecular complexity index is 746. The minimum Gasteiger partial charge on any atom is -0.339 e. The van der Waals surface area contributed by atoms with Gasteiger partial charge in [-0.2, -0.15) is 5.10 Å². The predicted molar refractivity (Wildman–Crippen MR) is 103 cm³/mol. The molecule has 2 aromatic heterocycles. The van der Waals surface area contributed by atoms with Crippen molar-refractivity contribution in [3.05, 3.63) is 28.5 Å². The van der Waals surface area contributed by atoms with Crippen LogP contribution in [0.25, 0.3) is 0 Å². The van der Waals surface area contributed by atoms with Crippen molar-refractivity contribution in [1.29, 1.82) is 0 Å². The Labute approximate surface area is 162 Å². The number of carbonyl (C=O) groups is 2. The second-order valence-electron chi connectivity index (χ2n) is 6.44. The molecule has 1 aliphatic rings. The van der Waals surface area contributed by atoms with Gasteiger partial charge in [0.25, 0.3) is 5.91 Å². The van der Waals surface area contributed by atoms with E-state index in [-0.39, 0.29) is 30.1 Å². The number of carbonyl (C=O) groups excluding carboxylic acids is 2. The van der Waals surface area contributed by atoms with Crippen molar-refractivity contribution >= 4 is 40.7 Å². The number of amides is 2. The van der Waals surface area contributed by atoms with Gasteiger partial charge in [-0.25, -0.2) is 4.98 Å². The summed E-state index contributed by atoms with van der Waals surface area (Å²) in [5.74, 6) is -0.345. The SMILES string of the molecule is CC(C)CC(NC(=O)c1n[nH]c2c1CNCC2)C(=O)Nc1nccs1.Cl. The van der Waals surface area contributed by atoms with Crippen LogP contribution in [0.3, 0.4) is 0 Å². The number of nitrogens with one attached hydrogen (secondary N) is 4. The van der Waals surface area contributed by atoms with Gasteiger partial charge in [-0.1, -0.05) is 13.8 Å². The number of H-pyrrole nitrogens is 1. The highest BCUT2D eigenvalue weighted by molar-refractivity contribution is 7.13. The lowest BCUT2D eigenvalue weighted by molar-refractivity contribution is -0.118. The van der Waals surface area contributed by atoms with Gasteiger partial charge in [0.15, 0.2) is 10.8 Å². The molecule has 1 unspecified atom stereocenters. The zero-order valence-electron chi connectivity index (χ0n) is 14.7. The van der Waals surface area contributed by atoms with E-state index in [1.807, 2.05) is 13.8 Å². The lowest BCUT2D eigenvalue weighted by Crippen LogP contribution is -2.45. The van der Waals surface area contributed by atoms with Crippen molar-refractivity contribution in [3.63, 3.8) is 0 Å². The largest absolute Gasteiger partial charge is 0.339 e. The lowest BCUT2D eigenvalue weighted by Gasteiger charge is -2.20. The maximum atomic E-state index is 12.7. The predicted octanol–water partition coefficient (Wildman–Crippen LogP) is 1.72. The maximum absolute atomic E-state index is 12.7. The van der Waals surface area contributed by atoms with Crippen LogP contribution in [0.4, 0.5) is 5.13 Å². The Morgan fingerprint density at radius 2 is 2.19 bits per heavy atom. The van der Waals surface area contributed by atoms with E-state index in [0.29, 0.717) is 23.8 Å². The summed E-state index contributed by atoms with van der Waals surface area (Å²) in [6, 6.07) is -0.639. The van der Waals surface area contributed by atoms with E-state index in [9.17, 15) is 9.59 Å². The second kappa shape index (κ2) is 9.11. The number of rotatable bonds is 6. The van der Waals surface area contributed by atoms with Crippen LogP contribution in [-0.4, -0.2) is 39.6 Å². The topological polar surface area (TPSA) is 112 Å². The third kappa shape index (κ3) is 4.80. The van der Waals surface area contributed by atoms with Gasteiger partial charge in [0, 0.05) is 42.3 Å². The van der Waals surface area contributed by atoms with Gasteiger partial charge in [0.2, 0.25) is 5.91 Å². The van der Waals surface area contributed by atoms with Crippen molar-refractivity contribution in [3.8, 4) is 0 Å². The zero-order valence-corrected chi connectivity index (χ0v) is 16.3. The monoisotopic (exact) mass is 398 g/mol. The highest BCUT2D eigenvalue weighted by Crippen LogP contribution is 2.17. The highest BCUT2D eigenvalue weighted by atomic mass is 35.5. The lowest BCUT2D eigenvalue weighted by atomic mass is 10.0. The maximum Gasteiger partial charge on any atom is 0.272 e. The summed E-state index contributed by atoms with van der Waals surface area (Å²) < 4.78 is 0. The van der Waals surface area contributed by atoms with E-state index in [1.54, 1.807) is 11.6 Å². The first-order valence-corrected chi connectivity index (χ1v) is 9.20. The van der Waals surface area contributed by atoms with E-state index in [4.69, 9.17) is 0 Å². The average Bonchev–Trinajstić information content (AvgIpc) is 3.22. The van der Waals surface area contributed by atoms with E-state index in [0.717, 1.165) is 24.2 Å². The third-order valence-corrected chi connectivity index (χ3v) is 4.70. The van der Waals surface area contributed by atoms with Gasteiger partial charge in [0.05, 0.1) is 0 Å². The molecule has 26 heavy (non-hydrogen) atoms. The molecule has 142 valence electrons. The molecule has 0 aliphatic carbocycles. The third-order valence-electron chi connectivity index (χ3n) is 4.01.